The van der Waals surface area contributed by atoms with Gasteiger partial charge in [-0.3, -0.25) is 9.69 Å². The van der Waals surface area contributed by atoms with Crippen LogP contribution < -0.4 is 0 Å². The van der Waals surface area contributed by atoms with E-state index in [2.05, 4.69) is 4.90 Å². The first-order valence-electron chi connectivity index (χ1n) is 8.10. The summed E-state index contributed by atoms with van der Waals surface area (Å²) in [5.41, 5.74) is 0. The molecule has 2 nitrogen and oxygen atoms in total. The number of rotatable bonds is 4. The summed E-state index contributed by atoms with van der Waals surface area (Å²) >= 11 is 0. The molecule has 0 amide bonds. The number of Topliss-reactive ketones (excluding diaryl/α,β-unsaturated/α-hetero) is 1. The van der Waals surface area contributed by atoms with Crippen LogP contribution in [0.4, 0.5) is 0 Å². The molecule has 2 heterocycles. The molecule has 2 saturated heterocycles. The first kappa shape index (κ1) is 12.7. The van der Waals surface area contributed by atoms with E-state index < -0.39 is 0 Å². The molecular weight excluding hydrogens is 222 g/mol. The molecule has 1 aliphatic carbocycles. The van der Waals surface area contributed by atoms with Crippen LogP contribution in [-0.4, -0.2) is 29.3 Å². The maximum atomic E-state index is 11.7. The molecular formula is C16H27NO. The van der Waals surface area contributed by atoms with Gasteiger partial charge >= 0.3 is 0 Å². The molecule has 2 heteroatoms. The molecule has 2 unspecified atom stereocenters. The Morgan fingerprint density at radius 2 is 1.61 bits per heavy atom. The number of fused-ring (bicyclic) bond motifs is 2. The van der Waals surface area contributed by atoms with Gasteiger partial charge in [0.2, 0.25) is 0 Å². The zero-order chi connectivity index (χ0) is 12.4. The zero-order valence-electron chi connectivity index (χ0n) is 11.6. The SMILES string of the molecule is O=C1CC2CCCC(C1)N2CCCC1CCCC1. The topological polar surface area (TPSA) is 20.3 Å². The van der Waals surface area contributed by atoms with E-state index in [9.17, 15) is 4.79 Å². The van der Waals surface area contributed by atoms with Crippen molar-refractivity contribution in [2.75, 3.05) is 6.54 Å². The molecule has 2 aliphatic heterocycles. The predicted octanol–water partition coefficient (Wildman–Crippen LogP) is 3.54. The van der Waals surface area contributed by atoms with Gasteiger partial charge in [-0.25, -0.2) is 0 Å². The highest BCUT2D eigenvalue weighted by atomic mass is 16.1. The van der Waals surface area contributed by atoms with Gasteiger partial charge in [0.05, 0.1) is 0 Å². The highest BCUT2D eigenvalue weighted by molar-refractivity contribution is 5.80. The monoisotopic (exact) mass is 249 g/mol. The highest BCUT2D eigenvalue weighted by Crippen LogP contribution is 2.33. The number of carbonyl (C=O) groups is 1. The number of ketones is 1. The molecule has 18 heavy (non-hydrogen) atoms. The highest BCUT2D eigenvalue weighted by Gasteiger charge is 2.36. The number of piperidine rings is 2. The minimum Gasteiger partial charge on any atom is -0.300 e. The van der Waals surface area contributed by atoms with Gasteiger partial charge in [-0.2, -0.15) is 0 Å². The van der Waals surface area contributed by atoms with Crippen molar-refractivity contribution >= 4 is 5.78 Å². The minimum atomic E-state index is 0.525. The molecule has 3 aliphatic rings. The second-order valence-electron chi connectivity index (χ2n) is 6.72. The Kier molecular flexibility index (Phi) is 4.03. The first-order valence-corrected chi connectivity index (χ1v) is 8.10. The molecule has 0 aromatic rings. The van der Waals surface area contributed by atoms with E-state index in [0.29, 0.717) is 17.9 Å². The predicted molar refractivity (Wildman–Crippen MR) is 73.6 cm³/mol. The van der Waals surface area contributed by atoms with Gasteiger partial charge in [0, 0.05) is 24.9 Å². The summed E-state index contributed by atoms with van der Waals surface area (Å²) in [4.78, 5) is 14.4. The molecule has 3 fully saturated rings. The zero-order valence-corrected chi connectivity index (χ0v) is 11.6. The molecule has 0 spiro atoms. The van der Waals surface area contributed by atoms with Gasteiger partial charge in [-0.05, 0) is 38.1 Å². The molecule has 0 radical (unpaired) electrons. The van der Waals surface area contributed by atoms with E-state index in [1.807, 2.05) is 0 Å². The minimum absolute atomic E-state index is 0.525. The summed E-state index contributed by atoms with van der Waals surface area (Å²) in [5.74, 6) is 1.55. The molecule has 102 valence electrons. The van der Waals surface area contributed by atoms with Crippen LogP contribution in [0.25, 0.3) is 0 Å². The second kappa shape index (κ2) is 5.73. The second-order valence-corrected chi connectivity index (χ2v) is 6.72. The molecule has 3 rings (SSSR count). The van der Waals surface area contributed by atoms with E-state index in [0.717, 1.165) is 18.8 Å². The van der Waals surface area contributed by atoms with Gasteiger partial charge in [-0.15, -0.1) is 0 Å². The molecule has 0 N–H and O–H groups in total. The van der Waals surface area contributed by atoms with Crippen molar-refractivity contribution in [3.05, 3.63) is 0 Å². The summed E-state index contributed by atoms with van der Waals surface area (Å²) in [6, 6.07) is 1.21. The lowest BCUT2D eigenvalue weighted by molar-refractivity contribution is -0.127. The van der Waals surface area contributed by atoms with E-state index in [1.54, 1.807) is 0 Å². The molecule has 0 aromatic carbocycles. The van der Waals surface area contributed by atoms with Crippen LogP contribution in [0.15, 0.2) is 0 Å². The average Bonchev–Trinajstić information content (AvgIpc) is 2.83. The lowest BCUT2D eigenvalue weighted by Gasteiger charge is -2.45. The smallest absolute Gasteiger partial charge is 0.136 e. The van der Waals surface area contributed by atoms with Crippen LogP contribution >= 0.6 is 0 Å². The third-order valence-electron chi connectivity index (χ3n) is 5.44. The third-order valence-corrected chi connectivity index (χ3v) is 5.44. The molecule has 1 saturated carbocycles. The summed E-state index contributed by atoms with van der Waals surface area (Å²) in [5, 5.41) is 0. The van der Waals surface area contributed by atoms with Crippen LogP contribution in [-0.2, 0) is 4.79 Å². The average molecular weight is 249 g/mol. The van der Waals surface area contributed by atoms with Crippen molar-refractivity contribution in [1.29, 1.82) is 0 Å². The largest absolute Gasteiger partial charge is 0.300 e. The van der Waals surface area contributed by atoms with Gasteiger partial charge < -0.3 is 0 Å². The van der Waals surface area contributed by atoms with Gasteiger partial charge in [0.25, 0.3) is 0 Å². The Morgan fingerprint density at radius 1 is 0.944 bits per heavy atom. The van der Waals surface area contributed by atoms with E-state index in [4.69, 9.17) is 0 Å². The van der Waals surface area contributed by atoms with Crippen molar-refractivity contribution in [1.82, 2.24) is 4.90 Å². The number of nitrogens with zero attached hydrogens (tertiary/aromatic N) is 1. The van der Waals surface area contributed by atoms with Gasteiger partial charge in [0.15, 0.2) is 0 Å². The normalized spacial score (nSPS) is 34.1. The van der Waals surface area contributed by atoms with Crippen molar-refractivity contribution in [3.8, 4) is 0 Å². The Hall–Kier alpha value is -0.370. The Bertz CT molecular complexity index is 279. The fourth-order valence-corrected chi connectivity index (χ4v) is 4.49. The maximum Gasteiger partial charge on any atom is 0.136 e. The van der Waals surface area contributed by atoms with Crippen molar-refractivity contribution in [2.24, 2.45) is 5.92 Å². The fourth-order valence-electron chi connectivity index (χ4n) is 4.49. The summed E-state index contributed by atoms with van der Waals surface area (Å²) in [6.45, 7) is 1.26. The lowest BCUT2D eigenvalue weighted by atomic mass is 9.83. The van der Waals surface area contributed by atoms with Crippen molar-refractivity contribution in [3.63, 3.8) is 0 Å². The van der Waals surface area contributed by atoms with Crippen LogP contribution in [0, 0.1) is 5.92 Å². The summed E-state index contributed by atoms with van der Waals surface area (Å²) in [7, 11) is 0. The number of hydrogen-bond acceptors (Lipinski definition) is 2. The van der Waals surface area contributed by atoms with E-state index >= 15 is 0 Å². The van der Waals surface area contributed by atoms with Crippen LogP contribution in [0.1, 0.15) is 70.6 Å². The summed E-state index contributed by atoms with van der Waals surface area (Å²) in [6.07, 6.45) is 14.3. The molecule has 2 atom stereocenters. The Morgan fingerprint density at radius 3 is 2.28 bits per heavy atom. The maximum absolute atomic E-state index is 11.7. The number of hydrogen-bond donors (Lipinski definition) is 0. The quantitative estimate of drug-likeness (QED) is 0.759. The van der Waals surface area contributed by atoms with Crippen LogP contribution in [0.3, 0.4) is 0 Å². The fraction of sp³-hybridized carbons (Fsp3) is 0.938. The molecule has 0 aromatic heterocycles. The standard InChI is InChI=1S/C16H27NO/c18-16-11-14-8-3-9-15(12-16)17(14)10-4-7-13-5-1-2-6-13/h13-15H,1-12H2. The van der Waals surface area contributed by atoms with Crippen LogP contribution in [0.5, 0.6) is 0 Å². The van der Waals surface area contributed by atoms with Gasteiger partial charge in [0.1, 0.15) is 5.78 Å². The van der Waals surface area contributed by atoms with Crippen LogP contribution in [0.2, 0.25) is 0 Å². The first-order chi connectivity index (χ1) is 8.83. The molecule has 2 bridgehead atoms. The Balaban J connectivity index is 1.47. The lowest BCUT2D eigenvalue weighted by Crippen LogP contribution is -2.52. The van der Waals surface area contributed by atoms with E-state index in [1.165, 1.54) is 64.3 Å². The Labute approximate surface area is 111 Å². The number of carbonyl (C=O) groups excluding carboxylic acids is 1. The van der Waals surface area contributed by atoms with Crippen molar-refractivity contribution in [2.45, 2.75) is 82.7 Å². The van der Waals surface area contributed by atoms with Gasteiger partial charge in [-0.1, -0.05) is 32.1 Å². The van der Waals surface area contributed by atoms with E-state index in [-0.39, 0.29) is 0 Å². The summed E-state index contributed by atoms with van der Waals surface area (Å²) < 4.78 is 0. The third kappa shape index (κ3) is 2.79. The van der Waals surface area contributed by atoms with Crippen molar-refractivity contribution < 1.29 is 4.79 Å².